The van der Waals surface area contributed by atoms with Crippen molar-refractivity contribution >= 4 is 46.9 Å². The largest absolute Gasteiger partial charge is 0.366 e. The summed E-state index contributed by atoms with van der Waals surface area (Å²) in [5.41, 5.74) is 11.0. The molecular formula is C19H15N7O6. The number of anilines is 1. The molecule has 32 heavy (non-hydrogen) atoms. The number of amides is 7. The number of urea groups is 1. The molecule has 162 valence electrons. The van der Waals surface area contributed by atoms with Gasteiger partial charge in [-0.05, 0) is 42.5 Å². The van der Waals surface area contributed by atoms with Crippen LogP contribution in [0, 0.1) is 0 Å². The molecular weight excluding hydrogens is 422 g/mol. The molecule has 1 heterocycles. The number of azo groups is 1. The summed E-state index contributed by atoms with van der Waals surface area (Å²) in [5, 5.41) is 13.7. The van der Waals surface area contributed by atoms with E-state index in [0.29, 0.717) is 0 Å². The second kappa shape index (κ2) is 8.83. The van der Waals surface area contributed by atoms with Crippen molar-refractivity contribution in [3.05, 3.63) is 59.2 Å². The van der Waals surface area contributed by atoms with E-state index >= 15 is 0 Å². The van der Waals surface area contributed by atoms with Gasteiger partial charge in [0.2, 0.25) is 17.9 Å². The number of barbiturate groups is 1. The molecule has 3 rings (SSSR count). The highest BCUT2D eigenvalue weighted by Gasteiger charge is 2.34. The third-order valence-corrected chi connectivity index (χ3v) is 4.15. The number of rotatable bonds is 6. The summed E-state index contributed by atoms with van der Waals surface area (Å²) in [7, 11) is 0. The van der Waals surface area contributed by atoms with Crippen LogP contribution in [0.15, 0.2) is 52.7 Å². The van der Waals surface area contributed by atoms with Crippen LogP contribution in [-0.2, 0) is 9.59 Å². The molecule has 0 atom stereocenters. The van der Waals surface area contributed by atoms with Crippen molar-refractivity contribution in [1.82, 2.24) is 10.6 Å². The molecule has 0 aliphatic carbocycles. The average Bonchev–Trinajstić information content (AvgIpc) is 2.73. The maximum absolute atomic E-state index is 12.5. The number of carbonyl (C=O) groups is 6. The molecule has 2 aromatic rings. The minimum atomic E-state index is -1.52. The Bertz CT molecular complexity index is 1140. The zero-order valence-electron chi connectivity index (χ0n) is 16.1. The molecule has 0 radical (unpaired) electrons. The lowest BCUT2D eigenvalue weighted by Crippen LogP contribution is -2.57. The van der Waals surface area contributed by atoms with Crippen LogP contribution >= 0.6 is 0 Å². The number of nitrogens with two attached hydrogens (primary N) is 2. The number of hydrogen-bond acceptors (Lipinski definition) is 8. The fourth-order valence-corrected chi connectivity index (χ4v) is 2.61. The third kappa shape index (κ3) is 4.96. The van der Waals surface area contributed by atoms with Gasteiger partial charge in [0.05, 0.1) is 5.69 Å². The lowest BCUT2D eigenvalue weighted by molar-refractivity contribution is -0.131. The van der Waals surface area contributed by atoms with E-state index in [1.807, 2.05) is 10.6 Å². The Kier molecular flexibility index (Phi) is 6.00. The first-order chi connectivity index (χ1) is 15.1. The van der Waals surface area contributed by atoms with E-state index in [9.17, 15) is 28.8 Å². The van der Waals surface area contributed by atoms with Crippen LogP contribution in [0.3, 0.4) is 0 Å². The lowest BCUT2D eigenvalue weighted by Gasteiger charge is -2.16. The molecule has 13 heteroatoms. The molecule has 7 amide bonds. The van der Waals surface area contributed by atoms with Crippen molar-refractivity contribution in [2.24, 2.45) is 21.7 Å². The van der Waals surface area contributed by atoms with E-state index in [1.54, 1.807) is 0 Å². The van der Waals surface area contributed by atoms with E-state index in [2.05, 4.69) is 15.5 Å². The third-order valence-electron chi connectivity index (χ3n) is 4.15. The minimum Gasteiger partial charge on any atom is -0.366 e. The van der Waals surface area contributed by atoms with E-state index in [-0.39, 0.29) is 28.1 Å². The Hall–Kier alpha value is -4.94. The standard InChI is InChI=1S/C19H15N7O6/c20-14(27)9-5-10(15(21)28)7-12(6-9)22-16(29)8-1-3-11(4-2-8)25-26-13-17(30)23-19(32)24-18(13)31/h1-7,13H,(H2,20,27)(H2,21,28)(H,22,29)(H2,23,24,30,31,32). The molecule has 13 nitrogen and oxygen atoms in total. The van der Waals surface area contributed by atoms with Crippen LogP contribution in [-0.4, -0.2) is 41.6 Å². The normalized spacial score (nSPS) is 14.1. The number of hydrogen-bond donors (Lipinski definition) is 5. The predicted molar refractivity (Wildman–Crippen MR) is 108 cm³/mol. The highest BCUT2D eigenvalue weighted by Crippen LogP contribution is 2.18. The van der Waals surface area contributed by atoms with Gasteiger partial charge in [-0.1, -0.05) is 0 Å². The van der Waals surface area contributed by atoms with Gasteiger partial charge in [-0.3, -0.25) is 34.6 Å². The fourth-order valence-electron chi connectivity index (χ4n) is 2.61. The number of benzene rings is 2. The molecule has 1 fully saturated rings. The summed E-state index contributed by atoms with van der Waals surface area (Å²) in [6, 6.07) is 6.92. The highest BCUT2D eigenvalue weighted by molar-refractivity contribution is 6.19. The summed E-state index contributed by atoms with van der Waals surface area (Å²) in [4.78, 5) is 69.6. The average molecular weight is 437 g/mol. The van der Waals surface area contributed by atoms with Crippen molar-refractivity contribution in [3.63, 3.8) is 0 Å². The quantitative estimate of drug-likeness (QED) is 0.308. The highest BCUT2D eigenvalue weighted by atomic mass is 16.2. The number of nitrogens with one attached hydrogen (secondary N) is 3. The molecule has 0 spiro atoms. The van der Waals surface area contributed by atoms with Crippen LogP contribution in [0.2, 0.25) is 0 Å². The van der Waals surface area contributed by atoms with Gasteiger partial charge in [-0.2, -0.15) is 10.2 Å². The summed E-state index contributed by atoms with van der Waals surface area (Å²) in [6.45, 7) is 0. The van der Waals surface area contributed by atoms with Gasteiger partial charge < -0.3 is 16.8 Å². The molecule has 0 unspecified atom stereocenters. The summed E-state index contributed by atoms with van der Waals surface area (Å²) < 4.78 is 0. The van der Waals surface area contributed by atoms with Gasteiger partial charge >= 0.3 is 6.03 Å². The first-order valence-electron chi connectivity index (χ1n) is 8.86. The monoisotopic (exact) mass is 437 g/mol. The summed E-state index contributed by atoms with van der Waals surface area (Å²) in [6.07, 6.45) is 0. The zero-order valence-corrected chi connectivity index (χ0v) is 16.1. The fraction of sp³-hybridized carbons (Fsp3) is 0.0526. The smallest absolute Gasteiger partial charge is 0.328 e. The maximum Gasteiger partial charge on any atom is 0.328 e. The first kappa shape index (κ1) is 21.8. The number of primary amides is 2. The van der Waals surface area contributed by atoms with E-state index < -0.39 is 41.6 Å². The second-order valence-corrected chi connectivity index (χ2v) is 6.45. The first-order valence-corrected chi connectivity index (χ1v) is 8.86. The van der Waals surface area contributed by atoms with Crippen molar-refractivity contribution in [3.8, 4) is 0 Å². The van der Waals surface area contributed by atoms with Crippen LogP contribution in [0.1, 0.15) is 31.1 Å². The van der Waals surface area contributed by atoms with Gasteiger partial charge in [0.1, 0.15) is 0 Å². The molecule has 1 aliphatic rings. The summed E-state index contributed by atoms with van der Waals surface area (Å²) in [5.74, 6) is -4.00. The Morgan fingerprint density at radius 1 is 0.812 bits per heavy atom. The molecule has 2 aromatic carbocycles. The van der Waals surface area contributed by atoms with E-state index in [1.165, 1.54) is 42.5 Å². The summed E-state index contributed by atoms with van der Waals surface area (Å²) >= 11 is 0. The maximum atomic E-state index is 12.5. The van der Waals surface area contributed by atoms with Crippen LogP contribution < -0.4 is 27.4 Å². The number of imide groups is 2. The lowest BCUT2D eigenvalue weighted by atomic mass is 10.1. The Morgan fingerprint density at radius 3 is 1.84 bits per heavy atom. The van der Waals surface area contributed by atoms with Gasteiger partial charge in [0, 0.05) is 22.4 Å². The second-order valence-electron chi connectivity index (χ2n) is 6.45. The van der Waals surface area contributed by atoms with E-state index in [0.717, 1.165) is 0 Å². The van der Waals surface area contributed by atoms with Gasteiger partial charge in [0.25, 0.3) is 17.7 Å². The van der Waals surface area contributed by atoms with Gasteiger partial charge in [0.15, 0.2) is 0 Å². The van der Waals surface area contributed by atoms with Crippen molar-refractivity contribution in [2.75, 3.05) is 5.32 Å². The Balaban J connectivity index is 1.72. The van der Waals surface area contributed by atoms with Crippen LogP contribution in [0.25, 0.3) is 0 Å². The SMILES string of the molecule is NC(=O)c1cc(NC(=O)c2ccc(N=NC3C(=O)NC(=O)NC3=O)cc2)cc(C(N)=O)c1. The van der Waals surface area contributed by atoms with Crippen LogP contribution in [0.5, 0.6) is 0 Å². The van der Waals surface area contributed by atoms with Gasteiger partial charge in [-0.25, -0.2) is 4.79 Å². The molecule has 0 bridgehead atoms. The Labute approximate surface area is 179 Å². The van der Waals surface area contributed by atoms with Crippen molar-refractivity contribution in [2.45, 2.75) is 6.04 Å². The number of carbonyl (C=O) groups excluding carboxylic acids is 6. The molecule has 0 saturated carbocycles. The van der Waals surface area contributed by atoms with Crippen molar-refractivity contribution in [1.29, 1.82) is 0 Å². The number of nitrogens with zero attached hydrogens (tertiary/aromatic N) is 2. The van der Waals surface area contributed by atoms with E-state index in [4.69, 9.17) is 11.5 Å². The molecule has 0 aromatic heterocycles. The topological polar surface area (TPSA) is 215 Å². The van der Waals surface area contributed by atoms with Crippen molar-refractivity contribution < 1.29 is 28.8 Å². The zero-order chi connectivity index (χ0) is 23.4. The molecule has 1 saturated heterocycles. The predicted octanol–water partition coefficient (Wildman–Crippen LogP) is -0.0450. The molecule has 7 N–H and O–H groups in total. The van der Waals surface area contributed by atoms with Gasteiger partial charge in [-0.15, -0.1) is 0 Å². The molecule has 1 aliphatic heterocycles. The minimum absolute atomic E-state index is 0.00940. The van der Waals surface area contributed by atoms with Crippen LogP contribution in [0.4, 0.5) is 16.2 Å². The Morgan fingerprint density at radius 2 is 1.34 bits per heavy atom.